The van der Waals surface area contributed by atoms with Crippen LogP contribution in [0.25, 0.3) is 0 Å². The summed E-state index contributed by atoms with van der Waals surface area (Å²) in [6, 6.07) is 0. The lowest BCUT2D eigenvalue weighted by atomic mass is 10.3. The van der Waals surface area contributed by atoms with Crippen LogP contribution in [-0.4, -0.2) is 55.7 Å². The number of hydrogen-bond donors (Lipinski definition) is 2. The Morgan fingerprint density at radius 3 is 3.00 bits per heavy atom. The Labute approximate surface area is 131 Å². The Bertz CT molecular complexity index is 385. The van der Waals surface area contributed by atoms with Crippen LogP contribution in [0.5, 0.6) is 0 Å². The largest absolute Gasteiger partial charge is 0.389 e. The van der Waals surface area contributed by atoms with Gasteiger partial charge in [0, 0.05) is 24.4 Å². The number of nitrogens with one attached hydrogen (secondary N) is 1. The fraction of sp³-hybridized carbons (Fsp3) is 0.667. The molecule has 0 aliphatic carbocycles. The van der Waals surface area contributed by atoms with Crippen molar-refractivity contribution in [1.29, 1.82) is 0 Å². The molecule has 21 heavy (non-hydrogen) atoms. The van der Waals surface area contributed by atoms with E-state index in [0.29, 0.717) is 33.0 Å². The number of rotatable bonds is 13. The molecular formula is C15H26N2O3S. The van der Waals surface area contributed by atoms with Crippen LogP contribution in [0.15, 0.2) is 18.2 Å². The number of thiazole rings is 1. The number of hydrogen-bond acceptors (Lipinski definition) is 6. The van der Waals surface area contributed by atoms with E-state index in [1.807, 2.05) is 18.5 Å². The SMILES string of the molecule is C=CCCOCCNCC(O)COCCc1scnc1C. The lowest BCUT2D eigenvalue weighted by Gasteiger charge is -2.12. The van der Waals surface area contributed by atoms with Crippen molar-refractivity contribution in [2.24, 2.45) is 0 Å². The normalized spacial score (nSPS) is 12.5. The molecule has 1 rings (SSSR count). The van der Waals surface area contributed by atoms with E-state index in [0.717, 1.165) is 25.1 Å². The van der Waals surface area contributed by atoms with Crippen molar-refractivity contribution in [2.45, 2.75) is 25.9 Å². The van der Waals surface area contributed by atoms with Gasteiger partial charge in [0.05, 0.1) is 43.7 Å². The third kappa shape index (κ3) is 8.95. The molecule has 0 spiro atoms. The summed E-state index contributed by atoms with van der Waals surface area (Å²) in [6.45, 7) is 9.19. The topological polar surface area (TPSA) is 63.6 Å². The average Bonchev–Trinajstić information content (AvgIpc) is 2.88. The molecule has 5 nitrogen and oxygen atoms in total. The minimum Gasteiger partial charge on any atom is -0.389 e. The van der Waals surface area contributed by atoms with Gasteiger partial charge < -0.3 is 19.9 Å². The Hall–Kier alpha value is -0.790. The van der Waals surface area contributed by atoms with Gasteiger partial charge in [0.15, 0.2) is 0 Å². The van der Waals surface area contributed by atoms with Crippen LogP contribution in [0.2, 0.25) is 0 Å². The highest BCUT2D eigenvalue weighted by Crippen LogP contribution is 2.12. The first kappa shape index (κ1) is 18.3. The molecule has 0 amide bonds. The van der Waals surface area contributed by atoms with E-state index in [9.17, 15) is 5.11 Å². The molecule has 1 atom stereocenters. The van der Waals surface area contributed by atoms with E-state index >= 15 is 0 Å². The van der Waals surface area contributed by atoms with Gasteiger partial charge in [-0.2, -0.15) is 0 Å². The van der Waals surface area contributed by atoms with Gasteiger partial charge in [-0.1, -0.05) is 6.08 Å². The van der Waals surface area contributed by atoms with Crippen LogP contribution in [0.3, 0.4) is 0 Å². The highest BCUT2D eigenvalue weighted by atomic mass is 32.1. The number of ether oxygens (including phenoxy) is 2. The summed E-state index contributed by atoms with van der Waals surface area (Å²) in [5.41, 5.74) is 2.92. The standard InChI is InChI=1S/C15H26N2O3S/c1-3-4-7-19-9-6-16-10-14(18)11-20-8-5-15-13(2)17-12-21-15/h3,12,14,16,18H,1,4-11H2,2H3. The second-order valence-electron chi connectivity index (χ2n) is 4.73. The van der Waals surface area contributed by atoms with Crippen molar-refractivity contribution in [1.82, 2.24) is 10.3 Å². The van der Waals surface area contributed by atoms with Gasteiger partial charge in [-0.3, -0.25) is 0 Å². The van der Waals surface area contributed by atoms with Crippen molar-refractivity contribution in [3.05, 3.63) is 28.7 Å². The fourth-order valence-electron chi connectivity index (χ4n) is 1.69. The van der Waals surface area contributed by atoms with Crippen molar-refractivity contribution in [3.63, 3.8) is 0 Å². The number of aromatic nitrogens is 1. The van der Waals surface area contributed by atoms with Gasteiger partial charge in [-0.05, 0) is 13.3 Å². The Morgan fingerprint density at radius 1 is 1.43 bits per heavy atom. The van der Waals surface area contributed by atoms with Gasteiger partial charge in [0.1, 0.15) is 0 Å². The van der Waals surface area contributed by atoms with E-state index in [4.69, 9.17) is 9.47 Å². The first-order chi connectivity index (χ1) is 10.2. The van der Waals surface area contributed by atoms with Crippen molar-refractivity contribution >= 4 is 11.3 Å². The summed E-state index contributed by atoms with van der Waals surface area (Å²) >= 11 is 1.65. The van der Waals surface area contributed by atoms with Crippen LogP contribution in [0, 0.1) is 6.92 Å². The summed E-state index contributed by atoms with van der Waals surface area (Å²) in [5.74, 6) is 0. The fourth-order valence-corrected chi connectivity index (χ4v) is 2.45. The van der Waals surface area contributed by atoms with E-state index in [1.54, 1.807) is 11.3 Å². The minimum atomic E-state index is -0.485. The molecule has 0 bridgehead atoms. The zero-order chi connectivity index (χ0) is 15.3. The second-order valence-corrected chi connectivity index (χ2v) is 5.67. The van der Waals surface area contributed by atoms with Crippen LogP contribution in [0.4, 0.5) is 0 Å². The van der Waals surface area contributed by atoms with E-state index < -0.39 is 6.10 Å². The number of aliphatic hydroxyl groups is 1. The van der Waals surface area contributed by atoms with Gasteiger partial charge >= 0.3 is 0 Å². The van der Waals surface area contributed by atoms with Crippen molar-refractivity contribution in [3.8, 4) is 0 Å². The molecule has 0 radical (unpaired) electrons. The molecule has 1 aromatic heterocycles. The van der Waals surface area contributed by atoms with Crippen LogP contribution in [0.1, 0.15) is 17.0 Å². The lowest BCUT2D eigenvalue weighted by Crippen LogP contribution is -2.32. The molecule has 0 aromatic carbocycles. The van der Waals surface area contributed by atoms with E-state index in [1.165, 1.54) is 4.88 Å². The molecule has 2 N–H and O–H groups in total. The number of nitrogens with zero attached hydrogens (tertiary/aromatic N) is 1. The van der Waals surface area contributed by atoms with Crippen molar-refractivity contribution < 1.29 is 14.6 Å². The monoisotopic (exact) mass is 314 g/mol. The zero-order valence-electron chi connectivity index (χ0n) is 12.7. The van der Waals surface area contributed by atoms with E-state index in [-0.39, 0.29) is 0 Å². The average molecular weight is 314 g/mol. The quantitative estimate of drug-likeness (QED) is 0.427. The van der Waals surface area contributed by atoms with Crippen LogP contribution < -0.4 is 5.32 Å². The smallest absolute Gasteiger partial charge is 0.0897 e. The summed E-state index contributed by atoms with van der Waals surface area (Å²) in [4.78, 5) is 5.44. The van der Waals surface area contributed by atoms with Gasteiger partial charge in [-0.25, -0.2) is 4.98 Å². The Kier molecular flexibility index (Phi) is 10.3. The van der Waals surface area contributed by atoms with Gasteiger partial charge in [0.25, 0.3) is 0 Å². The first-order valence-corrected chi connectivity index (χ1v) is 8.16. The molecule has 0 aliphatic rings. The zero-order valence-corrected chi connectivity index (χ0v) is 13.5. The molecule has 0 saturated carbocycles. The number of aliphatic hydroxyl groups excluding tert-OH is 1. The molecule has 120 valence electrons. The van der Waals surface area contributed by atoms with E-state index in [2.05, 4.69) is 16.9 Å². The minimum absolute atomic E-state index is 0.349. The molecule has 0 saturated heterocycles. The van der Waals surface area contributed by atoms with Crippen LogP contribution in [-0.2, 0) is 15.9 Å². The maximum absolute atomic E-state index is 9.75. The Morgan fingerprint density at radius 2 is 2.29 bits per heavy atom. The highest BCUT2D eigenvalue weighted by Gasteiger charge is 2.05. The summed E-state index contributed by atoms with van der Waals surface area (Å²) in [7, 11) is 0. The third-order valence-corrected chi connectivity index (χ3v) is 3.89. The summed E-state index contributed by atoms with van der Waals surface area (Å²) in [6.07, 6.45) is 3.08. The molecule has 0 fully saturated rings. The highest BCUT2D eigenvalue weighted by molar-refractivity contribution is 7.09. The van der Waals surface area contributed by atoms with Gasteiger partial charge in [-0.15, -0.1) is 17.9 Å². The lowest BCUT2D eigenvalue weighted by molar-refractivity contribution is 0.0372. The molecule has 0 aliphatic heterocycles. The first-order valence-electron chi connectivity index (χ1n) is 7.28. The summed E-state index contributed by atoms with van der Waals surface area (Å²) < 4.78 is 10.8. The molecule has 1 heterocycles. The maximum atomic E-state index is 9.75. The van der Waals surface area contributed by atoms with Crippen molar-refractivity contribution in [2.75, 3.05) is 39.5 Å². The Balaban J connectivity index is 1.90. The number of aryl methyl sites for hydroxylation is 1. The molecule has 6 heteroatoms. The molecule has 1 aromatic rings. The maximum Gasteiger partial charge on any atom is 0.0897 e. The van der Waals surface area contributed by atoms with Gasteiger partial charge in [0.2, 0.25) is 0 Å². The van der Waals surface area contributed by atoms with Crippen LogP contribution >= 0.6 is 11.3 Å². The predicted molar refractivity (Wildman–Crippen MR) is 85.9 cm³/mol. The summed E-state index contributed by atoms with van der Waals surface area (Å²) in [5, 5.41) is 12.9. The molecule has 1 unspecified atom stereocenters. The second kappa shape index (κ2) is 11.8. The predicted octanol–water partition coefficient (Wildman–Crippen LogP) is 1.55. The molecular weight excluding hydrogens is 288 g/mol. The third-order valence-electron chi connectivity index (χ3n) is 2.90.